The molecule has 6 aliphatic rings. The monoisotopic (exact) mass is 1060 g/mol. The molecule has 17 nitrogen and oxygen atoms in total. The standard InChI is InChI=1S/C60H79N5O12/c1-33(2)32-64-28-24-60(25-29-64)62-48-45-46-53(70)39(8)56-47(45)57(72)59(9,77-56)75-30-23-42(74-10)36(5)55(76-44(67)31-43(66)65-26-21-41(22-27-65)20-19-40-17-12-11-13-18-40)38(7)52(69)37(6)51(68)34(3)15-14-16-35(4)58(73)61-50(54(46)71)49(48)63-60/h11-18,23,30,33-34,36-38,41-42,51-52,55,62,68-71H,19-22,24-29,31-32H2,1-10H3/b15-14+,30-23+,35-16-,61-50?/t34-,36+,37+,38+,42-,51-,52+,55+,59-/m0/s1. The molecular weight excluding hydrogens is 983 g/mol. The number of esters is 1. The number of ketones is 1. The molecular formula is C60H79N5O12. The number of allylic oxidation sites excluding steroid dienone is 2. The Hall–Kier alpha value is -6.14. The van der Waals surface area contributed by atoms with Crippen LogP contribution in [0.15, 0.2) is 76.5 Å². The second-order valence-corrected chi connectivity index (χ2v) is 22.9. The predicted octanol–water partition coefficient (Wildman–Crippen LogP) is 6.99. The molecule has 1 spiro atoms. The number of Topliss-reactive ketones (excluding diaryl/α,β-unsaturated/α-hetero) is 1. The van der Waals surface area contributed by atoms with Gasteiger partial charge in [-0.05, 0) is 63.0 Å². The number of anilines is 1. The first-order valence-corrected chi connectivity index (χ1v) is 27.5. The van der Waals surface area contributed by atoms with Gasteiger partial charge in [0.05, 0.1) is 41.2 Å². The smallest absolute Gasteiger partial charge is 0.315 e. The molecule has 6 aliphatic heterocycles. The summed E-state index contributed by atoms with van der Waals surface area (Å²) in [4.78, 5) is 70.3. The van der Waals surface area contributed by atoms with Crippen LogP contribution in [0.2, 0.25) is 0 Å². The number of aliphatic hydroxyl groups excluding tert-OH is 2. The minimum atomic E-state index is -2.01. The molecule has 5 N–H and O–H groups in total. The van der Waals surface area contributed by atoms with E-state index in [1.54, 1.807) is 58.6 Å². The van der Waals surface area contributed by atoms with E-state index in [4.69, 9.17) is 23.9 Å². The number of nitrogens with zero attached hydrogens (tertiary/aromatic N) is 4. The van der Waals surface area contributed by atoms with E-state index in [0.717, 1.165) is 32.2 Å². The molecule has 6 heterocycles. The number of likely N-dealkylation sites (tertiary alicyclic amines) is 2. The van der Waals surface area contributed by atoms with Crippen LogP contribution in [0.4, 0.5) is 5.69 Å². The van der Waals surface area contributed by atoms with Crippen molar-refractivity contribution in [1.29, 1.82) is 0 Å². The summed E-state index contributed by atoms with van der Waals surface area (Å²) >= 11 is 0. The fraction of sp³-hybridized carbons (Fsp3) is 0.567. The highest BCUT2D eigenvalue weighted by molar-refractivity contribution is 6.21. The molecule has 2 amide bonds. The molecule has 0 aromatic heterocycles. The Morgan fingerprint density at radius 2 is 1.58 bits per heavy atom. The molecule has 17 heteroatoms. The van der Waals surface area contributed by atoms with Crippen LogP contribution in [0.3, 0.4) is 0 Å². The van der Waals surface area contributed by atoms with E-state index in [1.165, 1.54) is 38.0 Å². The molecule has 0 radical (unpaired) electrons. The van der Waals surface area contributed by atoms with Crippen molar-refractivity contribution < 1.29 is 58.6 Å². The molecule has 0 aliphatic carbocycles. The summed E-state index contributed by atoms with van der Waals surface area (Å²) < 4.78 is 24.8. The van der Waals surface area contributed by atoms with Gasteiger partial charge in [-0.25, -0.2) is 4.99 Å². The Labute approximate surface area is 451 Å². The van der Waals surface area contributed by atoms with Gasteiger partial charge in [-0.1, -0.05) is 90.1 Å². The first kappa shape index (κ1) is 57.0. The number of aromatic hydroxyl groups is 2. The van der Waals surface area contributed by atoms with Crippen LogP contribution in [-0.2, 0) is 35.0 Å². The lowest BCUT2D eigenvalue weighted by atomic mass is 9.78. The second kappa shape index (κ2) is 23.4. The van der Waals surface area contributed by atoms with E-state index in [-0.39, 0.29) is 49.8 Å². The normalized spacial score (nSPS) is 29.7. The molecule has 9 rings (SSSR count). The Balaban J connectivity index is 1.12. The van der Waals surface area contributed by atoms with Crippen molar-refractivity contribution in [3.8, 4) is 17.2 Å². The van der Waals surface area contributed by atoms with E-state index in [2.05, 4.69) is 41.2 Å². The number of carbonyl (C=O) groups excluding carboxylic acids is 4. The van der Waals surface area contributed by atoms with Gasteiger partial charge >= 0.3 is 11.8 Å². The first-order valence-electron chi connectivity index (χ1n) is 27.5. The fourth-order valence-corrected chi connectivity index (χ4v) is 12.0. The summed E-state index contributed by atoms with van der Waals surface area (Å²) in [7, 11) is 1.46. The molecule has 416 valence electrons. The van der Waals surface area contributed by atoms with Crippen molar-refractivity contribution >= 4 is 40.0 Å². The quantitative estimate of drug-likeness (QED) is 0.0827. The number of nitrogens with one attached hydrogen (secondary N) is 1. The fourth-order valence-electron chi connectivity index (χ4n) is 12.0. The van der Waals surface area contributed by atoms with Gasteiger partial charge in [0.15, 0.2) is 5.75 Å². The highest BCUT2D eigenvalue weighted by atomic mass is 16.7. The predicted molar refractivity (Wildman–Crippen MR) is 291 cm³/mol. The van der Waals surface area contributed by atoms with Crippen LogP contribution in [0.5, 0.6) is 17.2 Å². The molecule has 9 atom stereocenters. The zero-order chi connectivity index (χ0) is 55.7. The van der Waals surface area contributed by atoms with Gasteiger partial charge in [0, 0.05) is 99.8 Å². The highest BCUT2D eigenvalue weighted by Crippen LogP contribution is 2.51. The number of ether oxygens (including phenoxy) is 4. The van der Waals surface area contributed by atoms with Crippen molar-refractivity contribution in [2.75, 3.05) is 45.2 Å². The van der Waals surface area contributed by atoms with E-state index < -0.39 is 95.1 Å². The third kappa shape index (κ3) is 11.8. The number of amides is 2. The van der Waals surface area contributed by atoms with Crippen LogP contribution in [0, 0.1) is 42.4 Å². The molecule has 2 saturated heterocycles. The van der Waals surface area contributed by atoms with Gasteiger partial charge < -0.3 is 54.5 Å². The Morgan fingerprint density at radius 3 is 2.25 bits per heavy atom. The summed E-state index contributed by atoms with van der Waals surface area (Å²) in [6.07, 6.45) is 7.61. The molecule has 5 bridgehead atoms. The number of carbonyl (C=O) groups is 4. The van der Waals surface area contributed by atoms with E-state index >= 15 is 0 Å². The summed E-state index contributed by atoms with van der Waals surface area (Å²) in [5.74, 6) is -7.30. The Bertz CT molecular complexity index is 2940. The zero-order valence-electron chi connectivity index (χ0n) is 46.4. The third-order valence-corrected chi connectivity index (χ3v) is 16.8. The van der Waals surface area contributed by atoms with Gasteiger partial charge in [0.2, 0.25) is 5.91 Å². The Kier molecular flexibility index (Phi) is 17.4. The van der Waals surface area contributed by atoms with Crippen molar-refractivity contribution in [3.05, 3.63) is 93.9 Å². The maximum absolute atomic E-state index is 15.0. The minimum Gasteiger partial charge on any atom is -0.507 e. The van der Waals surface area contributed by atoms with Crippen LogP contribution in [0.25, 0.3) is 10.8 Å². The van der Waals surface area contributed by atoms with Gasteiger partial charge in [-0.15, -0.1) is 0 Å². The second-order valence-electron chi connectivity index (χ2n) is 22.9. The number of phenols is 2. The zero-order valence-corrected chi connectivity index (χ0v) is 46.4. The van der Waals surface area contributed by atoms with Crippen molar-refractivity contribution in [3.63, 3.8) is 0 Å². The average molecular weight is 1060 g/mol. The number of methoxy groups -OCH3 is 1. The average Bonchev–Trinajstić information content (AvgIpc) is 4.09. The lowest BCUT2D eigenvalue weighted by molar-refractivity contribution is -0.165. The van der Waals surface area contributed by atoms with E-state index in [0.29, 0.717) is 56.5 Å². The first-order chi connectivity index (χ1) is 36.6. The van der Waals surface area contributed by atoms with Crippen molar-refractivity contribution in [2.24, 2.45) is 45.5 Å². The van der Waals surface area contributed by atoms with Gasteiger partial charge in [-0.2, -0.15) is 0 Å². The molecule has 0 unspecified atom stereocenters. The summed E-state index contributed by atoms with van der Waals surface area (Å²) in [6, 6.07) is 10.3. The number of phenolic OH excluding ortho intramolecular Hbond substituents is 2. The van der Waals surface area contributed by atoms with Gasteiger partial charge in [0.25, 0.3) is 11.7 Å². The van der Waals surface area contributed by atoms with Crippen LogP contribution in [-0.4, -0.2) is 129 Å². The number of aliphatic hydroxyl groups is 2. The summed E-state index contributed by atoms with van der Waals surface area (Å²) in [5, 5.41) is 51.6. The van der Waals surface area contributed by atoms with Crippen LogP contribution < -0.4 is 20.8 Å². The molecule has 0 saturated carbocycles. The summed E-state index contributed by atoms with van der Waals surface area (Å²) in [6.45, 7) is 19.2. The lowest BCUT2D eigenvalue weighted by Gasteiger charge is -2.38. The number of piperidine rings is 2. The van der Waals surface area contributed by atoms with Gasteiger partial charge in [-0.3, -0.25) is 24.2 Å². The van der Waals surface area contributed by atoms with E-state index in [9.17, 15) is 39.6 Å². The number of hydrogen-bond donors (Lipinski definition) is 5. The van der Waals surface area contributed by atoms with Crippen LogP contribution >= 0.6 is 0 Å². The number of hydrogen-bond acceptors (Lipinski definition) is 15. The number of rotatable bonds is 9. The minimum absolute atomic E-state index is 0.0298. The maximum atomic E-state index is 15.0. The number of benzene rings is 3. The lowest BCUT2D eigenvalue weighted by Crippen LogP contribution is -2.47. The highest BCUT2D eigenvalue weighted by Gasteiger charge is 2.51. The third-order valence-electron chi connectivity index (χ3n) is 16.8. The Morgan fingerprint density at radius 1 is 0.896 bits per heavy atom. The topological polar surface area (TPSA) is 229 Å². The van der Waals surface area contributed by atoms with Crippen molar-refractivity contribution in [1.82, 2.24) is 9.80 Å². The molecule has 2 fully saturated rings. The van der Waals surface area contributed by atoms with Crippen molar-refractivity contribution in [2.45, 2.75) is 143 Å². The molecule has 3 aromatic carbocycles. The summed E-state index contributed by atoms with van der Waals surface area (Å²) in [5.41, 5.74) is 1.05. The van der Waals surface area contributed by atoms with Gasteiger partial charge in [0.1, 0.15) is 40.4 Å². The number of fused-ring (bicyclic) bond motifs is 13. The van der Waals surface area contributed by atoms with Crippen LogP contribution in [0.1, 0.15) is 115 Å². The molecule has 3 aromatic rings. The maximum Gasteiger partial charge on any atom is 0.315 e. The number of aryl methyl sites for hydroxylation is 1. The largest absolute Gasteiger partial charge is 0.507 e. The SMILES string of the molecule is CO[C@H]1/C=C/O[C@@]2(C)Oc3c(C)c(O)c4c(O)c(c5c(c4c3C2=O)NC2(CCN(CC(C)C)CC2)N=5)=NC(=O)/C(C)=C\C=C\[C@H](C)[C@H](O)[C@@H](C)[C@@H](O)[C@@H](C)[C@H](OC(=O)CC(=O)N2CCC(CCc3ccccc3)CC2)[C@@H]1C. The molecule has 77 heavy (non-hydrogen) atoms. The van der Waals surface area contributed by atoms with E-state index in [1.807, 2.05) is 18.2 Å².